The summed E-state index contributed by atoms with van der Waals surface area (Å²) < 4.78 is 65.7. The Bertz CT molecular complexity index is 548. The largest absolute Gasteiger partial charge is 0.317 e. The first kappa shape index (κ1) is 14.3. The van der Waals surface area contributed by atoms with Gasteiger partial charge in [-0.15, -0.1) is 0 Å². The smallest absolute Gasteiger partial charge is 0.246 e. The van der Waals surface area contributed by atoms with Crippen LogP contribution in [0.1, 0.15) is 12.8 Å². The molecule has 0 saturated carbocycles. The van der Waals surface area contributed by atoms with E-state index in [1.165, 1.54) is 0 Å². The Morgan fingerprint density at radius 3 is 2.16 bits per heavy atom. The first-order chi connectivity index (χ1) is 8.90. The molecule has 1 aromatic carbocycles. The van der Waals surface area contributed by atoms with Gasteiger partial charge in [0.1, 0.15) is 17.5 Å². The lowest BCUT2D eigenvalue weighted by Crippen LogP contribution is -2.43. The van der Waals surface area contributed by atoms with Crippen LogP contribution in [0.15, 0.2) is 17.0 Å². The molecule has 1 fully saturated rings. The Balaban J connectivity index is 2.29. The van der Waals surface area contributed by atoms with Crippen LogP contribution in [0.3, 0.4) is 0 Å². The van der Waals surface area contributed by atoms with Crippen LogP contribution in [0, 0.1) is 17.5 Å². The maximum atomic E-state index is 13.4. The van der Waals surface area contributed by atoms with E-state index in [0.29, 0.717) is 38.1 Å². The fraction of sp³-hybridized carbons (Fsp3) is 0.455. The van der Waals surface area contributed by atoms with Crippen LogP contribution >= 0.6 is 0 Å². The van der Waals surface area contributed by atoms with E-state index < -0.39 is 32.4 Å². The van der Waals surface area contributed by atoms with Gasteiger partial charge in [-0.3, -0.25) is 0 Å². The zero-order chi connectivity index (χ0) is 14.0. The van der Waals surface area contributed by atoms with Crippen LogP contribution in [0.5, 0.6) is 0 Å². The van der Waals surface area contributed by atoms with Crippen molar-refractivity contribution in [2.24, 2.45) is 0 Å². The highest BCUT2D eigenvalue weighted by Crippen LogP contribution is 2.21. The predicted molar refractivity (Wildman–Crippen MR) is 62.5 cm³/mol. The molecule has 19 heavy (non-hydrogen) atoms. The van der Waals surface area contributed by atoms with Crippen LogP contribution in [0.25, 0.3) is 0 Å². The number of hydrogen-bond acceptors (Lipinski definition) is 3. The van der Waals surface area contributed by atoms with Gasteiger partial charge in [0.25, 0.3) is 0 Å². The summed E-state index contributed by atoms with van der Waals surface area (Å²) in [4.78, 5) is -1.13. The molecule has 1 saturated heterocycles. The Hall–Kier alpha value is -1.12. The standard InChI is InChI=1S/C11H13F3N2O2S/c12-7-5-9(13)11(10(14)6-7)19(17,18)16-8-1-3-15-4-2-8/h5-6,8,15-16H,1-4H2. The maximum absolute atomic E-state index is 13.4. The van der Waals surface area contributed by atoms with Crippen LogP contribution in [0.4, 0.5) is 13.2 Å². The maximum Gasteiger partial charge on any atom is 0.246 e. The van der Waals surface area contributed by atoms with Crippen LogP contribution in [0.2, 0.25) is 0 Å². The highest BCUT2D eigenvalue weighted by Gasteiger charge is 2.28. The van der Waals surface area contributed by atoms with Crippen molar-refractivity contribution in [3.8, 4) is 0 Å². The van der Waals surface area contributed by atoms with Crippen molar-refractivity contribution in [1.82, 2.24) is 10.0 Å². The van der Waals surface area contributed by atoms with Crippen LogP contribution in [-0.2, 0) is 10.0 Å². The Morgan fingerprint density at radius 1 is 1.11 bits per heavy atom. The Labute approximate surface area is 109 Å². The lowest BCUT2D eigenvalue weighted by Gasteiger charge is -2.23. The zero-order valence-electron chi connectivity index (χ0n) is 9.92. The van der Waals surface area contributed by atoms with Gasteiger partial charge in [0.05, 0.1) is 0 Å². The van der Waals surface area contributed by atoms with E-state index in [1.54, 1.807) is 0 Å². The van der Waals surface area contributed by atoms with E-state index >= 15 is 0 Å². The summed E-state index contributed by atoms with van der Waals surface area (Å²) in [5.74, 6) is -4.02. The van der Waals surface area contributed by atoms with Gasteiger partial charge in [-0.2, -0.15) is 0 Å². The van der Waals surface area contributed by atoms with Gasteiger partial charge >= 0.3 is 0 Å². The average Bonchev–Trinajstić information content (AvgIpc) is 2.27. The third kappa shape index (κ3) is 3.26. The molecule has 1 heterocycles. The first-order valence-electron chi connectivity index (χ1n) is 5.78. The summed E-state index contributed by atoms with van der Waals surface area (Å²) in [5.41, 5.74) is 0. The molecule has 1 aromatic rings. The molecule has 4 nitrogen and oxygen atoms in total. The molecule has 1 aliphatic rings. The van der Waals surface area contributed by atoms with E-state index in [9.17, 15) is 21.6 Å². The minimum Gasteiger partial charge on any atom is -0.317 e. The van der Waals surface area contributed by atoms with E-state index in [0.717, 1.165) is 0 Å². The van der Waals surface area contributed by atoms with E-state index in [2.05, 4.69) is 10.0 Å². The molecule has 0 aromatic heterocycles. The van der Waals surface area contributed by atoms with Gasteiger partial charge < -0.3 is 5.32 Å². The number of benzene rings is 1. The summed E-state index contributed by atoms with van der Waals surface area (Å²) >= 11 is 0. The topological polar surface area (TPSA) is 58.2 Å². The minimum atomic E-state index is -4.33. The van der Waals surface area contributed by atoms with Gasteiger partial charge in [-0.05, 0) is 25.9 Å². The molecule has 0 bridgehead atoms. The summed E-state index contributed by atoms with van der Waals surface area (Å²) in [6, 6.07) is 0.315. The van der Waals surface area contributed by atoms with Crippen molar-refractivity contribution < 1.29 is 21.6 Å². The Kier molecular flexibility index (Phi) is 4.12. The fourth-order valence-electron chi connectivity index (χ4n) is 2.00. The van der Waals surface area contributed by atoms with Crippen molar-refractivity contribution in [2.75, 3.05) is 13.1 Å². The molecule has 106 valence electrons. The number of hydrogen-bond donors (Lipinski definition) is 2. The molecule has 0 amide bonds. The third-order valence-electron chi connectivity index (χ3n) is 2.89. The molecule has 8 heteroatoms. The Morgan fingerprint density at radius 2 is 1.63 bits per heavy atom. The SMILES string of the molecule is O=S(=O)(NC1CCNCC1)c1c(F)cc(F)cc1F. The molecule has 0 spiro atoms. The number of piperidine rings is 1. The van der Waals surface area contributed by atoms with E-state index in [-0.39, 0.29) is 6.04 Å². The molecule has 2 rings (SSSR count). The lowest BCUT2D eigenvalue weighted by molar-refractivity contribution is 0.423. The number of rotatable bonds is 3. The molecule has 0 radical (unpaired) electrons. The predicted octanol–water partition coefficient (Wildman–Crippen LogP) is 1.13. The van der Waals surface area contributed by atoms with Crippen LogP contribution < -0.4 is 10.0 Å². The van der Waals surface area contributed by atoms with Crippen molar-refractivity contribution in [1.29, 1.82) is 0 Å². The van der Waals surface area contributed by atoms with Gasteiger partial charge in [-0.1, -0.05) is 0 Å². The van der Waals surface area contributed by atoms with Crippen molar-refractivity contribution in [2.45, 2.75) is 23.8 Å². The molecule has 0 unspecified atom stereocenters. The summed E-state index contributed by atoms with van der Waals surface area (Å²) in [7, 11) is -4.33. The fourth-order valence-corrected chi connectivity index (χ4v) is 3.43. The summed E-state index contributed by atoms with van der Waals surface area (Å²) in [6.07, 6.45) is 1.06. The molecular formula is C11H13F3N2O2S. The second-order valence-corrected chi connectivity index (χ2v) is 5.99. The van der Waals surface area contributed by atoms with E-state index in [4.69, 9.17) is 0 Å². The second kappa shape index (κ2) is 5.48. The molecule has 0 aliphatic carbocycles. The van der Waals surface area contributed by atoms with Crippen molar-refractivity contribution >= 4 is 10.0 Å². The summed E-state index contributed by atoms with van der Waals surface area (Å²) in [5, 5.41) is 3.04. The average molecular weight is 294 g/mol. The highest BCUT2D eigenvalue weighted by atomic mass is 32.2. The molecular weight excluding hydrogens is 281 g/mol. The first-order valence-corrected chi connectivity index (χ1v) is 7.26. The van der Waals surface area contributed by atoms with Gasteiger partial charge in [0.15, 0.2) is 4.90 Å². The van der Waals surface area contributed by atoms with Crippen molar-refractivity contribution in [3.05, 3.63) is 29.6 Å². The summed E-state index contributed by atoms with van der Waals surface area (Å²) in [6.45, 7) is 1.25. The van der Waals surface area contributed by atoms with Gasteiger partial charge in [0.2, 0.25) is 10.0 Å². The minimum absolute atomic E-state index is 0.347. The molecule has 0 atom stereocenters. The van der Waals surface area contributed by atoms with E-state index in [1.807, 2.05) is 0 Å². The monoisotopic (exact) mass is 294 g/mol. The van der Waals surface area contributed by atoms with Gasteiger partial charge in [-0.25, -0.2) is 26.3 Å². The molecule has 2 N–H and O–H groups in total. The molecule has 1 aliphatic heterocycles. The highest BCUT2D eigenvalue weighted by molar-refractivity contribution is 7.89. The normalized spacial score (nSPS) is 17.6. The van der Waals surface area contributed by atoms with Crippen LogP contribution in [-0.4, -0.2) is 27.5 Å². The third-order valence-corrected chi connectivity index (χ3v) is 4.46. The lowest BCUT2D eigenvalue weighted by atomic mass is 10.1. The zero-order valence-corrected chi connectivity index (χ0v) is 10.7. The van der Waals surface area contributed by atoms with Crippen molar-refractivity contribution in [3.63, 3.8) is 0 Å². The van der Waals surface area contributed by atoms with Gasteiger partial charge in [0, 0.05) is 18.2 Å². The number of sulfonamides is 1. The quantitative estimate of drug-likeness (QED) is 0.879. The second-order valence-electron chi connectivity index (χ2n) is 4.34. The number of nitrogens with one attached hydrogen (secondary N) is 2. The number of halogens is 3.